The van der Waals surface area contributed by atoms with Crippen molar-refractivity contribution in [1.29, 1.82) is 0 Å². The fraction of sp³-hybridized carbons (Fsp3) is 0.455. The number of oxime groups is 1. The largest absolute Gasteiger partial charge is 0.714 e. The zero-order valence-corrected chi connectivity index (χ0v) is 22.3. The summed E-state index contributed by atoms with van der Waals surface area (Å²) in [6.45, 7) is 2.80. The summed E-state index contributed by atoms with van der Waals surface area (Å²) in [5.74, 6) is -0.950. The van der Waals surface area contributed by atoms with Crippen LogP contribution in [0.5, 0.6) is 17.2 Å². The van der Waals surface area contributed by atoms with Crippen LogP contribution in [0.3, 0.4) is 0 Å². The molecule has 1 heterocycles. The van der Waals surface area contributed by atoms with E-state index in [0.29, 0.717) is 17.3 Å². The van der Waals surface area contributed by atoms with Gasteiger partial charge in [-0.1, -0.05) is 29.6 Å². The fourth-order valence-corrected chi connectivity index (χ4v) is 4.54. The van der Waals surface area contributed by atoms with Crippen LogP contribution in [0.15, 0.2) is 36.0 Å². The standard InChI is InChI=1S/C22H29NO14S2/c1-4-12(35-17(25)6-5-11-7-13(33-2)18(26)14(8-11)34-3)9-16(23-37-39(30,31)32)38-22-21(29)20(28)19(27)15(10-24)36-22/h4-8,12,15,19-22,24,26-29H,1,9-10H2,2-3H3,(H,30,31,32)/p-1/b6-5+,23-16+/t12?,15-,19-,20+,21-,22+/m1/s1. The van der Waals surface area contributed by atoms with Gasteiger partial charge in [-0.2, -0.15) is 8.42 Å². The van der Waals surface area contributed by atoms with Gasteiger partial charge in [-0.25, -0.2) is 4.79 Å². The second-order valence-electron chi connectivity index (χ2n) is 7.81. The topological polar surface area (TPSA) is 234 Å². The molecule has 6 atom stereocenters. The van der Waals surface area contributed by atoms with E-state index in [9.17, 15) is 43.3 Å². The molecule has 17 heteroatoms. The zero-order valence-electron chi connectivity index (χ0n) is 20.6. The number of hydrogen-bond acceptors (Lipinski definition) is 16. The summed E-state index contributed by atoms with van der Waals surface area (Å²) >= 11 is 0.489. The molecule has 218 valence electrons. The van der Waals surface area contributed by atoms with Crippen LogP contribution in [0, 0.1) is 0 Å². The Balaban J connectivity index is 2.18. The highest BCUT2D eigenvalue weighted by Crippen LogP contribution is 2.37. The summed E-state index contributed by atoms with van der Waals surface area (Å²) in [6.07, 6.45) is -4.46. The van der Waals surface area contributed by atoms with E-state index in [4.69, 9.17) is 18.9 Å². The molecule has 1 aliphatic heterocycles. The molecular weight excluding hydrogens is 566 g/mol. The number of phenolic OH excluding ortho intramolecular Hbond substituents is 1. The van der Waals surface area contributed by atoms with Crippen LogP contribution in [0.2, 0.25) is 0 Å². The van der Waals surface area contributed by atoms with Gasteiger partial charge in [0, 0.05) is 12.5 Å². The van der Waals surface area contributed by atoms with Gasteiger partial charge >= 0.3 is 5.97 Å². The monoisotopic (exact) mass is 594 g/mol. The summed E-state index contributed by atoms with van der Waals surface area (Å²) in [7, 11) is -2.64. The number of nitrogens with zero attached hydrogens (tertiary/aromatic N) is 1. The van der Waals surface area contributed by atoms with Crippen molar-refractivity contribution >= 4 is 39.2 Å². The summed E-state index contributed by atoms with van der Waals surface area (Å²) in [6, 6.07) is 2.85. The third-order valence-corrected chi connectivity index (χ3v) is 6.54. The average molecular weight is 595 g/mol. The van der Waals surface area contributed by atoms with Gasteiger partial charge in [0.05, 0.1) is 20.8 Å². The van der Waals surface area contributed by atoms with E-state index in [1.165, 1.54) is 32.4 Å². The van der Waals surface area contributed by atoms with Gasteiger partial charge in [-0.15, -0.1) is 0 Å². The van der Waals surface area contributed by atoms with E-state index in [1.807, 2.05) is 0 Å². The smallest absolute Gasteiger partial charge is 0.331 e. The first-order valence-electron chi connectivity index (χ1n) is 11.0. The molecule has 1 aliphatic rings. The lowest BCUT2D eigenvalue weighted by Gasteiger charge is -2.39. The van der Waals surface area contributed by atoms with Crippen molar-refractivity contribution < 1.29 is 66.5 Å². The lowest BCUT2D eigenvalue weighted by atomic mass is 10.0. The third-order valence-electron chi connectivity index (χ3n) is 5.15. The van der Waals surface area contributed by atoms with Crippen LogP contribution >= 0.6 is 11.8 Å². The maximum absolute atomic E-state index is 12.4. The van der Waals surface area contributed by atoms with E-state index in [2.05, 4.69) is 16.0 Å². The second kappa shape index (κ2) is 14.5. The van der Waals surface area contributed by atoms with Gasteiger partial charge in [-0.05, 0) is 23.8 Å². The number of rotatable bonds is 12. The number of carbonyl (C=O) groups is 1. The Labute approximate surface area is 227 Å². The summed E-state index contributed by atoms with van der Waals surface area (Å²) in [5.41, 5.74) is -0.999. The van der Waals surface area contributed by atoms with Crippen molar-refractivity contribution in [2.45, 2.75) is 42.4 Å². The maximum atomic E-state index is 12.4. The molecule has 15 nitrogen and oxygen atoms in total. The molecule has 5 N–H and O–H groups in total. The molecule has 0 saturated carbocycles. The highest BCUT2D eigenvalue weighted by Gasteiger charge is 2.44. The number of thioether (sulfide) groups is 1. The molecule has 1 aromatic carbocycles. The molecule has 0 bridgehead atoms. The van der Waals surface area contributed by atoms with Crippen molar-refractivity contribution in [2.24, 2.45) is 5.16 Å². The molecule has 39 heavy (non-hydrogen) atoms. The number of hydrogen-bond donors (Lipinski definition) is 5. The maximum Gasteiger partial charge on any atom is 0.331 e. The van der Waals surface area contributed by atoms with Gasteiger partial charge < -0.3 is 49.0 Å². The van der Waals surface area contributed by atoms with E-state index < -0.39 is 65.4 Å². The van der Waals surface area contributed by atoms with Crippen molar-refractivity contribution in [1.82, 2.24) is 0 Å². The van der Waals surface area contributed by atoms with Crippen LogP contribution in [0.4, 0.5) is 0 Å². The molecule has 0 radical (unpaired) electrons. The van der Waals surface area contributed by atoms with Gasteiger partial charge in [0.25, 0.3) is 10.4 Å². The number of aromatic hydroxyl groups is 1. The molecule has 1 unspecified atom stereocenters. The minimum Gasteiger partial charge on any atom is -0.714 e. The Bertz CT molecular complexity index is 1140. The Kier molecular flexibility index (Phi) is 12.0. The number of carbonyl (C=O) groups excluding carboxylic acids is 1. The van der Waals surface area contributed by atoms with Gasteiger partial charge in [-0.3, -0.25) is 4.28 Å². The number of esters is 1. The Morgan fingerprint density at radius 1 is 1.21 bits per heavy atom. The number of phenols is 1. The number of methoxy groups -OCH3 is 2. The Morgan fingerprint density at radius 3 is 2.33 bits per heavy atom. The first-order chi connectivity index (χ1) is 18.3. The number of aliphatic hydroxyl groups excluding tert-OH is 4. The SMILES string of the molecule is C=CC(C/C(=N\OS(=O)(=O)[O-])S[C@@H]1O[C@H](CO)[C@@H](O)[C@H](O)[C@H]1O)OC(=O)/C=C/c1cc(OC)c(O)c(OC)c1. The predicted molar refractivity (Wildman–Crippen MR) is 135 cm³/mol. The Morgan fingerprint density at radius 2 is 1.82 bits per heavy atom. The minimum absolute atomic E-state index is 0.0886. The van der Waals surface area contributed by atoms with Crippen LogP contribution in [0.25, 0.3) is 6.08 Å². The van der Waals surface area contributed by atoms with Crippen LogP contribution in [-0.2, 0) is 29.0 Å². The molecule has 1 fully saturated rings. The molecule has 0 aliphatic carbocycles. The van der Waals surface area contributed by atoms with E-state index in [0.717, 1.165) is 12.2 Å². The van der Waals surface area contributed by atoms with E-state index in [-0.39, 0.29) is 22.3 Å². The normalized spacial score (nSPS) is 24.7. The number of ether oxygens (including phenoxy) is 4. The first-order valence-corrected chi connectivity index (χ1v) is 13.2. The average Bonchev–Trinajstić information content (AvgIpc) is 2.90. The molecule has 1 saturated heterocycles. The summed E-state index contributed by atoms with van der Waals surface area (Å²) in [4.78, 5) is 12.4. The summed E-state index contributed by atoms with van der Waals surface area (Å²) < 4.78 is 57.4. The molecule has 1 aromatic rings. The van der Waals surface area contributed by atoms with Crippen LogP contribution < -0.4 is 9.47 Å². The van der Waals surface area contributed by atoms with Crippen LogP contribution in [0.1, 0.15) is 12.0 Å². The fourth-order valence-electron chi connectivity index (χ4n) is 3.20. The predicted octanol–water partition coefficient (Wildman–Crippen LogP) is -0.766. The van der Waals surface area contributed by atoms with Crippen molar-refractivity contribution in [3.63, 3.8) is 0 Å². The first kappa shape index (κ1) is 32.3. The molecule has 2 rings (SSSR count). The van der Waals surface area contributed by atoms with Gasteiger partial charge in [0.2, 0.25) is 5.75 Å². The molecule has 0 aromatic heterocycles. The molecule has 0 spiro atoms. The second-order valence-corrected chi connectivity index (χ2v) is 9.94. The summed E-state index contributed by atoms with van der Waals surface area (Å²) in [5, 5.41) is 52.4. The quantitative estimate of drug-likeness (QED) is 0.0292. The van der Waals surface area contributed by atoms with E-state index in [1.54, 1.807) is 0 Å². The van der Waals surface area contributed by atoms with Crippen molar-refractivity contribution in [3.05, 3.63) is 36.4 Å². The third kappa shape index (κ3) is 9.36. The highest BCUT2D eigenvalue weighted by atomic mass is 32.3. The lowest BCUT2D eigenvalue weighted by molar-refractivity contribution is -0.205. The van der Waals surface area contributed by atoms with Gasteiger partial charge in [0.15, 0.2) is 11.5 Å². The Hall–Kier alpha value is -2.90. The van der Waals surface area contributed by atoms with Gasteiger partial charge in [0.1, 0.15) is 41.0 Å². The molecule has 0 amide bonds. The zero-order chi connectivity index (χ0) is 29.3. The van der Waals surface area contributed by atoms with E-state index >= 15 is 0 Å². The highest BCUT2D eigenvalue weighted by molar-refractivity contribution is 8.14. The minimum atomic E-state index is -5.29. The van der Waals surface area contributed by atoms with Crippen molar-refractivity contribution in [2.75, 3.05) is 20.8 Å². The lowest BCUT2D eigenvalue weighted by Crippen LogP contribution is -2.57. The van der Waals surface area contributed by atoms with Crippen molar-refractivity contribution in [3.8, 4) is 17.2 Å². The number of aliphatic hydroxyl groups is 4. The van der Waals surface area contributed by atoms with Crippen LogP contribution in [-0.4, -0.2) is 106 Å². The number of benzene rings is 1. The molecular formula is C22H28NO14S2-.